The second-order valence-corrected chi connectivity index (χ2v) is 4.72. The molecule has 1 aromatic rings. The molecule has 0 radical (unpaired) electrons. The predicted molar refractivity (Wildman–Crippen MR) is 68.8 cm³/mol. The molecule has 0 bridgehead atoms. The lowest BCUT2D eigenvalue weighted by Gasteiger charge is -2.15. The largest absolute Gasteiger partial charge is 0.493 e. The van der Waals surface area contributed by atoms with Crippen LogP contribution in [0.2, 0.25) is 0 Å². The molecule has 1 fully saturated rings. The third-order valence-electron chi connectivity index (χ3n) is 3.29. The highest BCUT2D eigenvalue weighted by Crippen LogP contribution is 2.17. The topological polar surface area (TPSA) is 66.8 Å². The average molecular weight is 281 g/mol. The average Bonchev–Trinajstić information content (AvgIpc) is 2.91. The second kappa shape index (κ2) is 6.36. The van der Waals surface area contributed by atoms with Crippen molar-refractivity contribution in [1.29, 1.82) is 0 Å². The van der Waals surface area contributed by atoms with Crippen LogP contribution in [0.3, 0.4) is 0 Å². The number of carbonyl (C=O) groups excluding carboxylic acids is 1. The number of carbonyl (C=O) groups is 2. The maximum atomic E-state index is 12.7. The van der Waals surface area contributed by atoms with Gasteiger partial charge in [0.25, 0.3) is 0 Å². The van der Waals surface area contributed by atoms with Gasteiger partial charge in [0, 0.05) is 13.1 Å². The fourth-order valence-electron chi connectivity index (χ4n) is 2.13. The van der Waals surface area contributed by atoms with Crippen LogP contribution in [0.5, 0.6) is 5.75 Å². The highest BCUT2D eigenvalue weighted by Gasteiger charge is 2.30. The van der Waals surface area contributed by atoms with Crippen LogP contribution in [-0.2, 0) is 9.59 Å². The number of likely N-dealkylation sites (tertiary alicyclic amines) is 1. The van der Waals surface area contributed by atoms with Gasteiger partial charge < -0.3 is 14.7 Å². The van der Waals surface area contributed by atoms with Gasteiger partial charge >= 0.3 is 5.97 Å². The quantitative estimate of drug-likeness (QED) is 0.888. The minimum Gasteiger partial charge on any atom is -0.493 e. The van der Waals surface area contributed by atoms with E-state index in [-0.39, 0.29) is 31.3 Å². The third-order valence-corrected chi connectivity index (χ3v) is 3.29. The van der Waals surface area contributed by atoms with Gasteiger partial charge in [0.05, 0.1) is 18.9 Å². The van der Waals surface area contributed by atoms with E-state index in [9.17, 15) is 14.0 Å². The van der Waals surface area contributed by atoms with Crippen LogP contribution in [0, 0.1) is 11.7 Å². The number of halogens is 1. The Hall–Kier alpha value is -2.11. The van der Waals surface area contributed by atoms with Gasteiger partial charge in [-0.3, -0.25) is 9.59 Å². The van der Waals surface area contributed by atoms with Crippen LogP contribution in [0.4, 0.5) is 4.39 Å². The molecule has 1 saturated heterocycles. The van der Waals surface area contributed by atoms with Crippen LogP contribution < -0.4 is 4.74 Å². The van der Waals surface area contributed by atoms with Crippen molar-refractivity contribution in [3.8, 4) is 5.75 Å². The smallest absolute Gasteiger partial charge is 0.308 e. The van der Waals surface area contributed by atoms with Crippen LogP contribution in [0.25, 0.3) is 0 Å². The molecule has 1 aliphatic rings. The standard InChI is InChI=1S/C14H16FNO4/c15-11-1-3-12(4-2-11)20-8-6-13(17)16-7-5-10(9-16)14(18)19/h1-4,10H,5-9H2,(H,18,19)/t10-/m1/s1. The molecule has 0 aromatic heterocycles. The van der Waals surface area contributed by atoms with E-state index in [0.29, 0.717) is 18.7 Å². The minimum absolute atomic E-state index is 0.115. The lowest BCUT2D eigenvalue weighted by molar-refractivity contribution is -0.141. The number of carboxylic acid groups (broad SMARTS) is 1. The van der Waals surface area contributed by atoms with Gasteiger partial charge in [0.15, 0.2) is 0 Å². The number of hydrogen-bond acceptors (Lipinski definition) is 3. The van der Waals surface area contributed by atoms with Gasteiger partial charge in [0.1, 0.15) is 11.6 Å². The molecule has 0 saturated carbocycles. The molecule has 108 valence electrons. The van der Waals surface area contributed by atoms with E-state index in [1.165, 1.54) is 24.3 Å². The fourth-order valence-corrected chi connectivity index (χ4v) is 2.13. The number of rotatable bonds is 5. The van der Waals surface area contributed by atoms with E-state index in [1.807, 2.05) is 0 Å². The molecule has 1 N–H and O–H groups in total. The van der Waals surface area contributed by atoms with Gasteiger partial charge in [-0.2, -0.15) is 0 Å². The Bertz CT molecular complexity index is 488. The first kappa shape index (κ1) is 14.3. The monoisotopic (exact) mass is 281 g/mol. The molecule has 6 heteroatoms. The molecule has 1 heterocycles. The lowest BCUT2D eigenvalue weighted by Crippen LogP contribution is -2.30. The van der Waals surface area contributed by atoms with Gasteiger partial charge in [-0.15, -0.1) is 0 Å². The van der Waals surface area contributed by atoms with E-state index < -0.39 is 11.9 Å². The molecule has 2 rings (SSSR count). The van der Waals surface area contributed by atoms with Gasteiger partial charge in [0.2, 0.25) is 5.91 Å². The fraction of sp³-hybridized carbons (Fsp3) is 0.429. The van der Waals surface area contributed by atoms with Crippen molar-refractivity contribution in [3.05, 3.63) is 30.1 Å². The van der Waals surface area contributed by atoms with Gasteiger partial charge in [-0.1, -0.05) is 0 Å². The van der Waals surface area contributed by atoms with E-state index >= 15 is 0 Å². The van der Waals surface area contributed by atoms with E-state index in [0.717, 1.165) is 0 Å². The summed E-state index contributed by atoms with van der Waals surface area (Å²) in [6, 6.07) is 5.57. The van der Waals surface area contributed by atoms with Crippen molar-refractivity contribution in [1.82, 2.24) is 4.90 Å². The molecular formula is C14H16FNO4. The summed E-state index contributed by atoms with van der Waals surface area (Å²) in [6.07, 6.45) is 0.684. The first-order valence-corrected chi connectivity index (χ1v) is 6.45. The van der Waals surface area contributed by atoms with Crippen molar-refractivity contribution in [2.45, 2.75) is 12.8 Å². The lowest BCUT2D eigenvalue weighted by atomic mass is 10.1. The minimum atomic E-state index is -0.858. The Morgan fingerprint density at radius 1 is 1.35 bits per heavy atom. The van der Waals surface area contributed by atoms with Crippen LogP contribution in [-0.4, -0.2) is 41.6 Å². The number of ether oxygens (including phenoxy) is 1. The van der Waals surface area contributed by atoms with Gasteiger partial charge in [-0.25, -0.2) is 4.39 Å². The molecule has 1 amide bonds. The second-order valence-electron chi connectivity index (χ2n) is 4.72. The predicted octanol–water partition coefficient (Wildman–Crippen LogP) is 1.53. The zero-order chi connectivity index (χ0) is 14.5. The molecule has 1 atom stereocenters. The van der Waals surface area contributed by atoms with Crippen molar-refractivity contribution < 1.29 is 23.8 Å². The Morgan fingerprint density at radius 3 is 2.65 bits per heavy atom. The Labute approximate surface area is 116 Å². The van der Waals surface area contributed by atoms with Crippen molar-refractivity contribution >= 4 is 11.9 Å². The summed E-state index contributed by atoms with van der Waals surface area (Å²) in [6.45, 7) is 0.940. The Kier molecular flexibility index (Phi) is 4.55. The number of amides is 1. The molecular weight excluding hydrogens is 265 g/mol. The maximum absolute atomic E-state index is 12.7. The molecule has 5 nitrogen and oxygen atoms in total. The van der Waals surface area contributed by atoms with Crippen molar-refractivity contribution in [2.75, 3.05) is 19.7 Å². The molecule has 1 aromatic carbocycles. The first-order chi connectivity index (χ1) is 9.56. The summed E-state index contributed by atoms with van der Waals surface area (Å²) in [5, 5.41) is 8.87. The van der Waals surface area contributed by atoms with Crippen molar-refractivity contribution in [3.63, 3.8) is 0 Å². The van der Waals surface area contributed by atoms with E-state index in [1.54, 1.807) is 4.90 Å². The SMILES string of the molecule is O=C(O)[C@@H]1CCN(C(=O)CCOc2ccc(F)cc2)C1. The molecule has 0 aliphatic carbocycles. The highest BCUT2D eigenvalue weighted by molar-refractivity contribution is 5.78. The zero-order valence-corrected chi connectivity index (χ0v) is 10.9. The molecule has 0 spiro atoms. The first-order valence-electron chi connectivity index (χ1n) is 6.45. The summed E-state index contributed by atoms with van der Waals surface area (Å²) in [5.74, 6) is -1.27. The number of hydrogen-bond donors (Lipinski definition) is 1. The maximum Gasteiger partial charge on any atom is 0.308 e. The summed E-state index contributed by atoms with van der Waals surface area (Å²) in [5.41, 5.74) is 0. The summed E-state index contributed by atoms with van der Waals surface area (Å²) in [7, 11) is 0. The summed E-state index contributed by atoms with van der Waals surface area (Å²) >= 11 is 0. The number of aliphatic carboxylic acids is 1. The number of nitrogens with zero attached hydrogens (tertiary/aromatic N) is 1. The van der Waals surface area contributed by atoms with Crippen LogP contribution >= 0.6 is 0 Å². The van der Waals surface area contributed by atoms with Crippen LogP contribution in [0.15, 0.2) is 24.3 Å². The number of carboxylic acids is 1. The summed E-state index contributed by atoms with van der Waals surface area (Å²) in [4.78, 5) is 24.2. The molecule has 1 aliphatic heterocycles. The van der Waals surface area contributed by atoms with E-state index in [2.05, 4.69) is 0 Å². The number of benzene rings is 1. The highest BCUT2D eigenvalue weighted by atomic mass is 19.1. The normalized spacial score (nSPS) is 18.1. The Balaban J connectivity index is 1.73. The Morgan fingerprint density at radius 2 is 2.05 bits per heavy atom. The summed E-state index contributed by atoms with van der Waals surface area (Å²) < 4.78 is 18.0. The van der Waals surface area contributed by atoms with Gasteiger partial charge in [-0.05, 0) is 30.7 Å². The van der Waals surface area contributed by atoms with E-state index in [4.69, 9.17) is 9.84 Å². The van der Waals surface area contributed by atoms with Crippen molar-refractivity contribution in [2.24, 2.45) is 5.92 Å². The third kappa shape index (κ3) is 3.69. The molecule has 0 unspecified atom stereocenters. The van der Waals surface area contributed by atoms with Crippen LogP contribution in [0.1, 0.15) is 12.8 Å². The zero-order valence-electron chi connectivity index (χ0n) is 10.9. The molecule has 20 heavy (non-hydrogen) atoms.